The Bertz CT molecular complexity index is 385. The van der Waals surface area contributed by atoms with Crippen molar-refractivity contribution in [1.82, 2.24) is 9.97 Å². The van der Waals surface area contributed by atoms with Gasteiger partial charge in [-0.05, 0) is 13.3 Å². The Kier molecular flexibility index (Phi) is 6.52. The van der Waals surface area contributed by atoms with Crippen LogP contribution in [0.1, 0.15) is 26.1 Å². The molecule has 1 aromatic heterocycles. The summed E-state index contributed by atoms with van der Waals surface area (Å²) in [6.07, 6.45) is 0.625. The van der Waals surface area contributed by atoms with E-state index in [1.54, 1.807) is 14.0 Å². The molecule has 1 atom stereocenters. The van der Waals surface area contributed by atoms with E-state index in [4.69, 9.17) is 4.74 Å². The second kappa shape index (κ2) is 7.91. The highest BCUT2D eigenvalue weighted by Crippen LogP contribution is 2.15. The third kappa shape index (κ3) is 5.40. The average Bonchev–Trinajstić information content (AvgIpc) is 2.35. The second-order valence-electron chi connectivity index (χ2n) is 4.62. The number of hydrogen-bond donors (Lipinski definition) is 2. The van der Waals surface area contributed by atoms with Crippen molar-refractivity contribution in [2.45, 2.75) is 33.0 Å². The van der Waals surface area contributed by atoms with Gasteiger partial charge in [0.25, 0.3) is 0 Å². The number of anilines is 2. The van der Waals surface area contributed by atoms with Crippen LogP contribution in [0.2, 0.25) is 0 Å². The molecule has 1 rings (SSSR count). The van der Waals surface area contributed by atoms with E-state index in [2.05, 4.69) is 22.2 Å². The standard InChI is InChI=1S/C13H24N4O2/c1-5-6-14-11-7-13(17(3)8-10(2)18)16-12(15-11)9-19-4/h7,10,18H,5-6,8-9H2,1-4H3,(H,14,15,16). The molecule has 0 fully saturated rings. The number of nitrogens with one attached hydrogen (secondary N) is 1. The monoisotopic (exact) mass is 268 g/mol. The van der Waals surface area contributed by atoms with Crippen LogP contribution < -0.4 is 10.2 Å². The van der Waals surface area contributed by atoms with Gasteiger partial charge in [-0.25, -0.2) is 9.97 Å². The van der Waals surface area contributed by atoms with Crippen molar-refractivity contribution in [3.8, 4) is 0 Å². The van der Waals surface area contributed by atoms with Gasteiger partial charge in [0, 0.05) is 33.3 Å². The van der Waals surface area contributed by atoms with E-state index in [0.717, 1.165) is 24.6 Å². The normalized spacial score (nSPS) is 12.3. The van der Waals surface area contributed by atoms with E-state index in [0.29, 0.717) is 19.0 Å². The molecule has 0 spiro atoms. The third-order valence-electron chi connectivity index (χ3n) is 2.52. The predicted octanol–water partition coefficient (Wildman–Crippen LogP) is 1.26. The fourth-order valence-electron chi connectivity index (χ4n) is 1.71. The van der Waals surface area contributed by atoms with Crippen molar-refractivity contribution in [2.75, 3.05) is 37.5 Å². The molecule has 0 aliphatic carbocycles. The second-order valence-corrected chi connectivity index (χ2v) is 4.62. The van der Waals surface area contributed by atoms with E-state index >= 15 is 0 Å². The van der Waals surface area contributed by atoms with Crippen molar-refractivity contribution < 1.29 is 9.84 Å². The minimum absolute atomic E-state index is 0.372. The first kappa shape index (κ1) is 15.7. The number of rotatable bonds is 8. The summed E-state index contributed by atoms with van der Waals surface area (Å²) in [5, 5.41) is 12.7. The summed E-state index contributed by atoms with van der Waals surface area (Å²) in [4.78, 5) is 10.7. The lowest BCUT2D eigenvalue weighted by atomic mass is 10.3. The Morgan fingerprint density at radius 2 is 2.21 bits per heavy atom. The zero-order valence-corrected chi connectivity index (χ0v) is 12.2. The number of aromatic nitrogens is 2. The summed E-state index contributed by atoms with van der Waals surface area (Å²) < 4.78 is 5.08. The van der Waals surface area contributed by atoms with Crippen molar-refractivity contribution >= 4 is 11.6 Å². The molecule has 0 saturated heterocycles. The van der Waals surface area contributed by atoms with Gasteiger partial charge in [0.1, 0.15) is 18.2 Å². The van der Waals surface area contributed by atoms with E-state index in [1.807, 2.05) is 18.0 Å². The lowest BCUT2D eigenvalue weighted by molar-refractivity contribution is 0.178. The average molecular weight is 268 g/mol. The first-order chi connectivity index (χ1) is 9.06. The van der Waals surface area contributed by atoms with E-state index < -0.39 is 6.10 Å². The molecule has 108 valence electrons. The highest BCUT2D eigenvalue weighted by Gasteiger charge is 2.10. The fourth-order valence-corrected chi connectivity index (χ4v) is 1.71. The molecule has 0 aliphatic rings. The summed E-state index contributed by atoms with van der Waals surface area (Å²) in [6, 6.07) is 1.89. The number of aliphatic hydroxyl groups is 1. The fraction of sp³-hybridized carbons (Fsp3) is 0.692. The van der Waals surface area contributed by atoms with Gasteiger partial charge in [-0.15, -0.1) is 0 Å². The van der Waals surface area contributed by atoms with Crippen molar-refractivity contribution in [2.24, 2.45) is 0 Å². The maximum atomic E-state index is 9.44. The zero-order chi connectivity index (χ0) is 14.3. The predicted molar refractivity (Wildman–Crippen MR) is 76.5 cm³/mol. The Morgan fingerprint density at radius 3 is 2.79 bits per heavy atom. The number of ether oxygens (including phenoxy) is 1. The molecule has 1 heterocycles. The van der Waals surface area contributed by atoms with Crippen LogP contribution in [0.4, 0.5) is 11.6 Å². The summed E-state index contributed by atoms with van der Waals surface area (Å²) in [5.74, 6) is 2.20. The lowest BCUT2D eigenvalue weighted by Gasteiger charge is -2.21. The minimum Gasteiger partial charge on any atom is -0.392 e. The van der Waals surface area contributed by atoms with Gasteiger partial charge in [-0.3, -0.25) is 0 Å². The van der Waals surface area contributed by atoms with E-state index in [-0.39, 0.29) is 0 Å². The zero-order valence-electron chi connectivity index (χ0n) is 12.2. The highest BCUT2D eigenvalue weighted by atomic mass is 16.5. The molecule has 6 nitrogen and oxygen atoms in total. The van der Waals surface area contributed by atoms with Crippen molar-refractivity contribution in [3.05, 3.63) is 11.9 Å². The van der Waals surface area contributed by atoms with Crippen LogP contribution in [0.15, 0.2) is 6.07 Å². The lowest BCUT2D eigenvalue weighted by Crippen LogP contribution is -2.28. The first-order valence-electron chi connectivity index (χ1n) is 6.56. The van der Waals surface area contributed by atoms with Gasteiger partial charge in [0.2, 0.25) is 0 Å². The van der Waals surface area contributed by atoms with Crippen molar-refractivity contribution in [1.29, 1.82) is 0 Å². The first-order valence-corrected chi connectivity index (χ1v) is 6.56. The van der Waals surface area contributed by atoms with Crippen LogP contribution >= 0.6 is 0 Å². The van der Waals surface area contributed by atoms with Crippen LogP contribution in [0.25, 0.3) is 0 Å². The molecule has 0 radical (unpaired) electrons. The van der Waals surface area contributed by atoms with Gasteiger partial charge in [-0.2, -0.15) is 0 Å². The van der Waals surface area contributed by atoms with E-state index in [9.17, 15) is 5.11 Å². The molecule has 19 heavy (non-hydrogen) atoms. The number of aliphatic hydroxyl groups excluding tert-OH is 1. The van der Waals surface area contributed by atoms with Crippen LogP contribution in [-0.2, 0) is 11.3 Å². The molecular weight excluding hydrogens is 244 g/mol. The van der Waals surface area contributed by atoms with Gasteiger partial charge in [-0.1, -0.05) is 6.92 Å². The van der Waals surface area contributed by atoms with Crippen LogP contribution in [-0.4, -0.2) is 48.4 Å². The summed E-state index contributed by atoms with van der Waals surface area (Å²) in [5.41, 5.74) is 0. The number of hydrogen-bond acceptors (Lipinski definition) is 6. The molecule has 0 amide bonds. The van der Waals surface area contributed by atoms with Gasteiger partial charge >= 0.3 is 0 Å². The molecular formula is C13H24N4O2. The maximum Gasteiger partial charge on any atom is 0.158 e. The Labute approximate surface area is 114 Å². The largest absolute Gasteiger partial charge is 0.392 e. The molecule has 0 aliphatic heterocycles. The van der Waals surface area contributed by atoms with Gasteiger partial charge < -0.3 is 20.1 Å². The van der Waals surface area contributed by atoms with Crippen LogP contribution in [0.3, 0.4) is 0 Å². The summed E-state index contributed by atoms with van der Waals surface area (Å²) >= 11 is 0. The number of nitrogens with zero attached hydrogens (tertiary/aromatic N) is 3. The SMILES string of the molecule is CCCNc1cc(N(C)CC(C)O)nc(COC)n1. The van der Waals surface area contributed by atoms with Crippen LogP contribution in [0.5, 0.6) is 0 Å². The Morgan fingerprint density at radius 1 is 1.47 bits per heavy atom. The van der Waals surface area contributed by atoms with Crippen LogP contribution in [0, 0.1) is 0 Å². The van der Waals surface area contributed by atoms with Crippen molar-refractivity contribution in [3.63, 3.8) is 0 Å². The number of likely N-dealkylation sites (N-methyl/N-ethyl adjacent to an activating group) is 1. The Balaban J connectivity index is 2.91. The maximum absolute atomic E-state index is 9.44. The molecule has 1 unspecified atom stereocenters. The summed E-state index contributed by atoms with van der Waals surface area (Å²) in [6.45, 7) is 5.62. The molecule has 0 bridgehead atoms. The third-order valence-corrected chi connectivity index (χ3v) is 2.52. The molecule has 2 N–H and O–H groups in total. The number of methoxy groups -OCH3 is 1. The van der Waals surface area contributed by atoms with E-state index in [1.165, 1.54) is 0 Å². The summed E-state index contributed by atoms with van der Waals surface area (Å²) in [7, 11) is 3.52. The minimum atomic E-state index is -0.405. The van der Waals surface area contributed by atoms with Gasteiger partial charge in [0.05, 0.1) is 6.10 Å². The molecule has 1 aromatic rings. The van der Waals surface area contributed by atoms with Gasteiger partial charge in [0.15, 0.2) is 5.82 Å². The quantitative estimate of drug-likeness (QED) is 0.739. The Hall–Kier alpha value is -1.40. The highest BCUT2D eigenvalue weighted by molar-refractivity contribution is 5.49. The molecule has 0 saturated carbocycles. The molecule has 6 heteroatoms. The molecule has 0 aromatic carbocycles. The smallest absolute Gasteiger partial charge is 0.158 e. The topological polar surface area (TPSA) is 70.5 Å².